The second-order valence-electron chi connectivity index (χ2n) is 7.34. The molecule has 4 heteroatoms. The number of anilines is 2. The van der Waals surface area contributed by atoms with Crippen LogP contribution in [0.2, 0.25) is 0 Å². The Bertz CT molecular complexity index is 616. The van der Waals surface area contributed by atoms with Crippen LogP contribution >= 0.6 is 0 Å². The second kappa shape index (κ2) is 6.60. The summed E-state index contributed by atoms with van der Waals surface area (Å²) in [4.78, 5) is 17.4. The van der Waals surface area contributed by atoms with E-state index in [2.05, 4.69) is 46.3 Å². The summed E-state index contributed by atoms with van der Waals surface area (Å²) in [5.74, 6) is 1.46. The maximum atomic E-state index is 12.5. The Morgan fingerprint density at radius 3 is 2.42 bits per heavy atom. The van der Waals surface area contributed by atoms with Crippen molar-refractivity contribution in [2.24, 2.45) is 17.8 Å². The predicted octanol–water partition coefficient (Wildman–Crippen LogP) is 2.98. The Labute approximate surface area is 144 Å². The molecule has 2 aliphatic carbocycles. The van der Waals surface area contributed by atoms with Crippen molar-refractivity contribution in [3.8, 4) is 0 Å². The topological polar surface area (TPSA) is 35.6 Å². The van der Waals surface area contributed by atoms with Crippen molar-refractivity contribution in [3.05, 3.63) is 36.4 Å². The smallest absolute Gasteiger partial charge is 0.228 e. The summed E-state index contributed by atoms with van der Waals surface area (Å²) in [7, 11) is 0. The van der Waals surface area contributed by atoms with Gasteiger partial charge in [-0.25, -0.2) is 0 Å². The summed E-state index contributed by atoms with van der Waals surface area (Å²) in [5, 5.41) is 3.12. The minimum Gasteiger partial charge on any atom is -0.369 e. The molecule has 1 aromatic rings. The van der Waals surface area contributed by atoms with E-state index in [0.29, 0.717) is 11.8 Å². The molecule has 3 atom stereocenters. The summed E-state index contributed by atoms with van der Waals surface area (Å²) in [6, 6.07) is 8.36. The largest absolute Gasteiger partial charge is 0.369 e. The molecule has 0 radical (unpaired) electrons. The first-order valence-electron chi connectivity index (χ1n) is 9.29. The van der Waals surface area contributed by atoms with Gasteiger partial charge in [0.15, 0.2) is 0 Å². The molecule has 24 heavy (non-hydrogen) atoms. The molecule has 1 aliphatic heterocycles. The second-order valence-corrected chi connectivity index (χ2v) is 7.34. The fourth-order valence-electron chi connectivity index (χ4n) is 4.40. The molecule has 1 amide bonds. The third-order valence-corrected chi connectivity index (χ3v) is 5.94. The predicted molar refractivity (Wildman–Crippen MR) is 98.2 cm³/mol. The lowest BCUT2D eigenvalue weighted by Crippen LogP contribution is -2.46. The van der Waals surface area contributed by atoms with Crippen LogP contribution in [-0.2, 0) is 4.79 Å². The van der Waals surface area contributed by atoms with Crippen LogP contribution in [0, 0.1) is 17.8 Å². The van der Waals surface area contributed by atoms with E-state index >= 15 is 0 Å². The van der Waals surface area contributed by atoms with Gasteiger partial charge in [-0.05, 0) is 55.5 Å². The van der Waals surface area contributed by atoms with E-state index in [9.17, 15) is 4.79 Å². The molecule has 1 aromatic carbocycles. The number of rotatable bonds is 4. The number of carbonyl (C=O) groups excluding carboxylic acids is 1. The molecular formula is C20H27N3O. The highest BCUT2D eigenvalue weighted by Crippen LogP contribution is 2.43. The number of allylic oxidation sites excluding steroid dienone is 2. The molecule has 1 saturated carbocycles. The fourth-order valence-corrected chi connectivity index (χ4v) is 4.40. The number of benzene rings is 1. The van der Waals surface area contributed by atoms with Crippen molar-refractivity contribution in [1.82, 2.24) is 4.90 Å². The van der Waals surface area contributed by atoms with Crippen molar-refractivity contribution < 1.29 is 4.79 Å². The summed E-state index contributed by atoms with van der Waals surface area (Å²) >= 11 is 0. The lowest BCUT2D eigenvalue weighted by molar-refractivity contribution is -0.120. The van der Waals surface area contributed by atoms with E-state index in [1.54, 1.807) is 0 Å². The van der Waals surface area contributed by atoms with Crippen molar-refractivity contribution in [2.75, 3.05) is 42.9 Å². The molecular weight excluding hydrogens is 298 g/mol. The molecule has 0 unspecified atom stereocenters. The zero-order valence-electron chi connectivity index (χ0n) is 14.4. The van der Waals surface area contributed by atoms with Gasteiger partial charge in [0, 0.05) is 43.5 Å². The minimum atomic E-state index is 0.168. The van der Waals surface area contributed by atoms with Crippen molar-refractivity contribution in [1.29, 1.82) is 0 Å². The SMILES string of the molecule is CCN1CCN(c2ccc(NC(=O)[C@@H]3C[C@H]4C=C[C@H]3C4)cc2)CC1. The monoisotopic (exact) mass is 325 g/mol. The number of nitrogens with one attached hydrogen (secondary N) is 1. The van der Waals surface area contributed by atoms with Crippen LogP contribution in [0.15, 0.2) is 36.4 Å². The normalized spacial score (nSPS) is 29.2. The van der Waals surface area contributed by atoms with E-state index in [0.717, 1.165) is 44.8 Å². The lowest BCUT2D eigenvalue weighted by atomic mass is 9.93. The molecule has 2 fully saturated rings. The summed E-state index contributed by atoms with van der Waals surface area (Å²) in [6.07, 6.45) is 6.70. The zero-order valence-corrected chi connectivity index (χ0v) is 14.4. The van der Waals surface area contributed by atoms with Crippen LogP contribution < -0.4 is 10.2 Å². The molecule has 0 aromatic heterocycles. The van der Waals surface area contributed by atoms with Crippen LogP contribution in [0.3, 0.4) is 0 Å². The van der Waals surface area contributed by atoms with E-state index in [4.69, 9.17) is 0 Å². The van der Waals surface area contributed by atoms with Gasteiger partial charge < -0.3 is 15.1 Å². The molecule has 2 bridgehead atoms. The fraction of sp³-hybridized carbons (Fsp3) is 0.550. The van der Waals surface area contributed by atoms with E-state index in [1.165, 1.54) is 12.1 Å². The Balaban J connectivity index is 1.34. The number of hydrogen-bond donors (Lipinski definition) is 1. The highest BCUT2D eigenvalue weighted by Gasteiger charge is 2.39. The highest BCUT2D eigenvalue weighted by atomic mass is 16.1. The van der Waals surface area contributed by atoms with Crippen LogP contribution in [-0.4, -0.2) is 43.5 Å². The standard InChI is InChI=1S/C20H27N3O/c1-2-22-9-11-23(12-10-22)18-7-5-17(6-8-18)21-20(24)19-14-15-3-4-16(19)13-15/h3-8,15-16,19H,2,9-14H2,1H3,(H,21,24)/t15-,16-,19+/m0/s1. The van der Waals surface area contributed by atoms with Crippen LogP contribution in [0.1, 0.15) is 19.8 Å². The quantitative estimate of drug-likeness (QED) is 0.865. The molecule has 128 valence electrons. The molecule has 4 nitrogen and oxygen atoms in total. The maximum Gasteiger partial charge on any atom is 0.228 e. The van der Waals surface area contributed by atoms with Gasteiger partial charge in [0.2, 0.25) is 5.91 Å². The van der Waals surface area contributed by atoms with Gasteiger partial charge in [0.05, 0.1) is 0 Å². The zero-order chi connectivity index (χ0) is 16.5. The number of nitrogens with zero attached hydrogens (tertiary/aromatic N) is 2. The van der Waals surface area contributed by atoms with Gasteiger partial charge in [0.25, 0.3) is 0 Å². The van der Waals surface area contributed by atoms with Crippen LogP contribution in [0.25, 0.3) is 0 Å². The van der Waals surface area contributed by atoms with Gasteiger partial charge in [-0.3, -0.25) is 4.79 Å². The number of fused-ring (bicyclic) bond motifs is 2. The number of carbonyl (C=O) groups is 1. The third-order valence-electron chi connectivity index (χ3n) is 5.94. The van der Waals surface area contributed by atoms with Crippen molar-refractivity contribution in [3.63, 3.8) is 0 Å². The van der Waals surface area contributed by atoms with E-state index in [-0.39, 0.29) is 11.8 Å². The van der Waals surface area contributed by atoms with Gasteiger partial charge >= 0.3 is 0 Å². The number of piperazine rings is 1. The van der Waals surface area contributed by atoms with Gasteiger partial charge in [-0.1, -0.05) is 19.1 Å². The van der Waals surface area contributed by atoms with Crippen LogP contribution in [0.5, 0.6) is 0 Å². The Morgan fingerprint density at radius 2 is 1.83 bits per heavy atom. The number of hydrogen-bond acceptors (Lipinski definition) is 3. The Morgan fingerprint density at radius 1 is 1.08 bits per heavy atom. The van der Waals surface area contributed by atoms with Crippen molar-refractivity contribution >= 4 is 17.3 Å². The lowest BCUT2D eigenvalue weighted by Gasteiger charge is -2.35. The van der Waals surface area contributed by atoms with Gasteiger partial charge in [-0.15, -0.1) is 0 Å². The average Bonchev–Trinajstić information content (AvgIpc) is 3.26. The van der Waals surface area contributed by atoms with E-state index < -0.39 is 0 Å². The molecule has 0 spiro atoms. The number of likely N-dealkylation sites (N-methyl/N-ethyl adjacent to an activating group) is 1. The van der Waals surface area contributed by atoms with Crippen LogP contribution in [0.4, 0.5) is 11.4 Å². The summed E-state index contributed by atoms with van der Waals surface area (Å²) in [5.41, 5.74) is 2.18. The molecule has 1 heterocycles. The molecule has 1 N–H and O–H groups in total. The molecule has 3 aliphatic rings. The first-order valence-corrected chi connectivity index (χ1v) is 9.29. The Kier molecular flexibility index (Phi) is 4.31. The van der Waals surface area contributed by atoms with Gasteiger partial charge in [0.1, 0.15) is 0 Å². The van der Waals surface area contributed by atoms with Crippen molar-refractivity contribution in [2.45, 2.75) is 19.8 Å². The van der Waals surface area contributed by atoms with E-state index in [1.807, 2.05) is 12.1 Å². The molecule has 4 rings (SSSR count). The first-order chi connectivity index (χ1) is 11.7. The summed E-state index contributed by atoms with van der Waals surface area (Å²) in [6.45, 7) is 7.78. The number of amides is 1. The first kappa shape index (κ1) is 15.7. The average molecular weight is 325 g/mol. The minimum absolute atomic E-state index is 0.168. The molecule has 1 saturated heterocycles. The van der Waals surface area contributed by atoms with Gasteiger partial charge in [-0.2, -0.15) is 0 Å². The highest BCUT2D eigenvalue weighted by molar-refractivity contribution is 5.93. The maximum absolute atomic E-state index is 12.5. The third kappa shape index (κ3) is 3.07. The Hall–Kier alpha value is -1.81. The summed E-state index contributed by atoms with van der Waals surface area (Å²) < 4.78 is 0.